The van der Waals surface area contributed by atoms with Gasteiger partial charge in [0.2, 0.25) is 5.69 Å². The predicted octanol–water partition coefficient (Wildman–Crippen LogP) is 3.48. The minimum Gasteiger partial charge on any atom is -0.258 e. The molecule has 0 unspecified atom stereocenters. The number of benzene rings is 2. The van der Waals surface area contributed by atoms with E-state index in [0.29, 0.717) is 22.3 Å². The fourth-order valence-electron chi connectivity index (χ4n) is 2.05. The molecule has 3 aromatic rings. The van der Waals surface area contributed by atoms with Crippen LogP contribution in [0.5, 0.6) is 0 Å². The first-order chi connectivity index (χ1) is 9.70. The summed E-state index contributed by atoms with van der Waals surface area (Å²) in [6.07, 6.45) is 1.69. The molecule has 0 spiro atoms. The summed E-state index contributed by atoms with van der Waals surface area (Å²) in [5, 5.41) is 15.9. The van der Waals surface area contributed by atoms with Crippen LogP contribution in [0, 0.1) is 16.7 Å². The van der Waals surface area contributed by atoms with Crippen molar-refractivity contribution in [3.8, 4) is 5.69 Å². The van der Waals surface area contributed by atoms with E-state index in [0.717, 1.165) is 0 Å². The van der Waals surface area contributed by atoms with Gasteiger partial charge in [-0.15, -0.1) is 0 Å². The standard InChI is InChI=1S/C14H8N4O2/c1-15-11-6-2-3-7-12(11)17-9-10-5-4-8-13(18(19)20)14(10)16-17/h2-9H. The van der Waals surface area contributed by atoms with E-state index in [4.69, 9.17) is 6.57 Å². The molecule has 96 valence electrons. The zero-order chi connectivity index (χ0) is 14.1. The summed E-state index contributed by atoms with van der Waals surface area (Å²) in [5.41, 5.74) is 1.33. The van der Waals surface area contributed by atoms with Gasteiger partial charge >= 0.3 is 0 Å². The molecule has 0 N–H and O–H groups in total. The second-order valence-electron chi connectivity index (χ2n) is 4.15. The van der Waals surface area contributed by atoms with Gasteiger partial charge in [0.1, 0.15) is 0 Å². The molecule has 0 bridgehead atoms. The average molecular weight is 264 g/mol. The highest BCUT2D eigenvalue weighted by molar-refractivity contribution is 5.87. The molecule has 20 heavy (non-hydrogen) atoms. The van der Waals surface area contributed by atoms with Crippen LogP contribution in [0.15, 0.2) is 48.7 Å². The Balaban J connectivity index is 2.27. The molecule has 6 nitrogen and oxygen atoms in total. The van der Waals surface area contributed by atoms with Gasteiger partial charge in [-0.05, 0) is 6.07 Å². The van der Waals surface area contributed by atoms with Gasteiger partial charge in [-0.2, -0.15) is 5.10 Å². The smallest absolute Gasteiger partial charge is 0.258 e. The number of para-hydroxylation sites is 2. The minimum atomic E-state index is -0.458. The Morgan fingerprint density at radius 3 is 2.75 bits per heavy atom. The summed E-state index contributed by atoms with van der Waals surface area (Å²) in [7, 11) is 0. The Bertz CT molecular complexity index is 861. The molecule has 0 aliphatic rings. The van der Waals surface area contributed by atoms with Crippen LogP contribution in [0.4, 0.5) is 11.4 Å². The third-order valence-electron chi connectivity index (χ3n) is 2.96. The van der Waals surface area contributed by atoms with Crippen molar-refractivity contribution in [3.63, 3.8) is 0 Å². The van der Waals surface area contributed by atoms with Crippen molar-refractivity contribution in [2.75, 3.05) is 0 Å². The van der Waals surface area contributed by atoms with Crippen molar-refractivity contribution in [1.82, 2.24) is 9.78 Å². The summed E-state index contributed by atoms with van der Waals surface area (Å²) in [4.78, 5) is 14.0. The van der Waals surface area contributed by atoms with E-state index >= 15 is 0 Å². The first-order valence-electron chi connectivity index (χ1n) is 5.80. The summed E-state index contributed by atoms with van der Waals surface area (Å²) in [6, 6.07) is 11.8. The number of nitro groups is 1. The highest BCUT2D eigenvalue weighted by Gasteiger charge is 2.16. The van der Waals surface area contributed by atoms with Crippen LogP contribution in [-0.4, -0.2) is 14.7 Å². The van der Waals surface area contributed by atoms with E-state index in [1.807, 2.05) is 0 Å². The lowest BCUT2D eigenvalue weighted by molar-refractivity contribution is -0.383. The molecular weight excluding hydrogens is 256 g/mol. The molecule has 0 saturated heterocycles. The molecule has 2 aromatic carbocycles. The molecule has 3 rings (SSSR count). The Morgan fingerprint density at radius 1 is 1.20 bits per heavy atom. The van der Waals surface area contributed by atoms with Crippen LogP contribution in [0.3, 0.4) is 0 Å². The normalized spacial score (nSPS) is 10.3. The fourth-order valence-corrected chi connectivity index (χ4v) is 2.05. The predicted molar refractivity (Wildman–Crippen MR) is 74.0 cm³/mol. The zero-order valence-corrected chi connectivity index (χ0v) is 10.2. The molecule has 0 saturated carbocycles. The monoisotopic (exact) mass is 264 g/mol. The SMILES string of the molecule is [C-]#[N+]c1ccccc1-n1cc2cccc([N+](=O)[O-])c2n1. The number of nitrogens with zero attached hydrogens (tertiary/aromatic N) is 4. The van der Waals surface area contributed by atoms with Crippen molar-refractivity contribution < 1.29 is 4.92 Å². The van der Waals surface area contributed by atoms with Gasteiger partial charge in [-0.25, -0.2) is 9.53 Å². The number of non-ortho nitro benzene ring substituents is 1. The Hall–Kier alpha value is -3.20. The zero-order valence-electron chi connectivity index (χ0n) is 10.2. The summed E-state index contributed by atoms with van der Waals surface area (Å²) < 4.78 is 1.50. The molecule has 0 radical (unpaired) electrons. The Labute approximate surface area is 113 Å². The summed E-state index contributed by atoms with van der Waals surface area (Å²) in [5.74, 6) is 0. The van der Waals surface area contributed by atoms with Crippen molar-refractivity contribution in [2.24, 2.45) is 0 Å². The second-order valence-corrected chi connectivity index (χ2v) is 4.15. The average Bonchev–Trinajstić information content (AvgIpc) is 2.90. The molecular formula is C14H8N4O2. The van der Waals surface area contributed by atoms with E-state index in [2.05, 4.69) is 9.94 Å². The largest absolute Gasteiger partial charge is 0.297 e. The van der Waals surface area contributed by atoms with Crippen molar-refractivity contribution in [1.29, 1.82) is 0 Å². The fraction of sp³-hybridized carbons (Fsp3) is 0. The molecule has 0 aliphatic carbocycles. The van der Waals surface area contributed by atoms with E-state index in [1.54, 1.807) is 42.6 Å². The Kier molecular flexibility index (Phi) is 2.66. The van der Waals surface area contributed by atoms with Gasteiger partial charge in [0, 0.05) is 17.6 Å². The number of hydrogen-bond acceptors (Lipinski definition) is 3. The number of nitro benzene ring substituents is 1. The minimum absolute atomic E-state index is 0.0402. The maximum Gasteiger partial charge on any atom is 0.297 e. The molecule has 0 amide bonds. The second kappa shape index (κ2) is 4.48. The maximum absolute atomic E-state index is 11.0. The number of hydrogen-bond donors (Lipinski definition) is 0. The quantitative estimate of drug-likeness (QED) is 0.404. The Morgan fingerprint density at radius 2 is 2.00 bits per heavy atom. The first kappa shape index (κ1) is 11.9. The number of fused-ring (bicyclic) bond motifs is 1. The van der Waals surface area contributed by atoms with Gasteiger partial charge in [0.05, 0.1) is 17.2 Å². The lowest BCUT2D eigenvalue weighted by Crippen LogP contribution is -1.95. The molecule has 0 fully saturated rings. The van der Waals surface area contributed by atoms with Gasteiger partial charge in [0.25, 0.3) is 5.69 Å². The van der Waals surface area contributed by atoms with Crippen LogP contribution in [0.25, 0.3) is 21.4 Å². The lowest BCUT2D eigenvalue weighted by atomic mass is 10.2. The van der Waals surface area contributed by atoms with E-state index in [1.165, 1.54) is 10.7 Å². The highest BCUT2D eigenvalue weighted by atomic mass is 16.6. The van der Waals surface area contributed by atoms with Gasteiger partial charge in [-0.1, -0.05) is 30.3 Å². The third kappa shape index (κ3) is 1.78. The van der Waals surface area contributed by atoms with Crippen molar-refractivity contribution in [3.05, 3.63) is 70.2 Å². The van der Waals surface area contributed by atoms with Gasteiger partial charge in [0.15, 0.2) is 5.52 Å². The topological polar surface area (TPSA) is 65.3 Å². The molecule has 0 aliphatic heterocycles. The van der Waals surface area contributed by atoms with Crippen LogP contribution >= 0.6 is 0 Å². The molecule has 1 heterocycles. The van der Waals surface area contributed by atoms with E-state index in [9.17, 15) is 10.1 Å². The van der Waals surface area contributed by atoms with Crippen LogP contribution in [0.1, 0.15) is 0 Å². The molecule has 6 heteroatoms. The third-order valence-corrected chi connectivity index (χ3v) is 2.96. The van der Waals surface area contributed by atoms with Crippen LogP contribution in [-0.2, 0) is 0 Å². The lowest BCUT2D eigenvalue weighted by Gasteiger charge is -2.02. The first-order valence-corrected chi connectivity index (χ1v) is 5.80. The van der Waals surface area contributed by atoms with Gasteiger partial charge < -0.3 is 0 Å². The van der Waals surface area contributed by atoms with E-state index < -0.39 is 4.92 Å². The molecule has 0 atom stereocenters. The number of rotatable bonds is 2. The van der Waals surface area contributed by atoms with E-state index in [-0.39, 0.29) is 5.69 Å². The van der Waals surface area contributed by atoms with Crippen molar-refractivity contribution >= 4 is 22.3 Å². The summed E-state index contributed by atoms with van der Waals surface area (Å²) >= 11 is 0. The van der Waals surface area contributed by atoms with Crippen LogP contribution in [0.2, 0.25) is 0 Å². The van der Waals surface area contributed by atoms with Crippen LogP contribution < -0.4 is 0 Å². The molecule has 1 aromatic heterocycles. The highest BCUT2D eigenvalue weighted by Crippen LogP contribution is 2.28. The number of aromatic nitrogens is 2. The maximum atomic E-state index is 11.0. The summed E-state index contributed by atoms with van der Waals surface area (Å²) in [6.45, 7) is 7.15. The van der Waals surface area contributed by atoms with Gasteiger partial charge in [-0.3, -0.25) is 10.1 Å². The van der Waals surface area contributed by atoms with Crippen molar-refractivity contribution in [2.45, 2.75) is 0 Å².